The van der Waals surface area contributed by atoms with Crippen LogP contribution in [0.5, 0.6) is 5.75 Å². The van der Waals surface area contributed by atoms with Gasteiger partial charge in [0.25, 0.3) is 0 Å². The van der Waals surface area contributed by atoms with Crippen molar-refractivity contribution in [2.45, 2.75) is 6.54 Å². The number of rotatable bonds is 6. The smallest absolute Gasteiger partial charge is 0.246 e. The van der Waals surface area contributed by atoms with Gasteiger partial charge in [-0.25, -0.2) is 4.68 Å². The van der Waals surface area contributed by atoms with Crippen LogP contribution >= 0.6 is 0 Å². The van der Waals surface area contributed by atoms with Crippen molar-refractivity contribution in [3.05, 3.63) is 30.6 Å². The van der Waals surface area contributed by atoms with E-state index in [0.29, 0.717) is 24.6 Å². The largest absolute Gasteiger partial charge is 0.492 e. The molecule has 0 spiro atoms. The highest BCUT2D eigenvalue weighted by atomic mass is 16.5. The summed E-state index contributed by atoms with van der Waals surface area (Å²) < 4.78 is 6.67. The fourth-order valence-corrected chi connectivity index (χ4v) is 1.41. The summed E-state index contributed by atoms with van der Waals surface area (Å²) in [7, 11) is 0. The number of nitrogens with two attached hydrogens (primary N) is 1. The molecule has 0 aliphatic carbocycles. The first-order valence-electron chi connectivity index (χ1n) is 5.71. The number of ether oxygens (including phenoxy) is 1. The van der Waals surface area contributed by atoms with E-state index in [2.05, 4.69) is 20.8 Å². The van der Waals surface area contributed by atoms with E-state index in [1.807, 2.05) is 0 Å². The lowest BCUT2D eigenvalue weighted by Crippen LogP contribution is -2.19. The molecule has 0 radical (unpaired) electrons. The van der Waals surface area contributed by atoms with Gasteiger partial charge in [0.15, 0.2) is 0 Å². The standard InChI is InChI=1S/C11H14N6O2/c12-5-6-19-10-3-1-9(2-4-10)14-11(18)7-17-8-13-15-16-17/h1-4,8H,5-7,12H2,(H,14,18). The lowest BCUT2D eigenvalue weighted by molar-refractivity contribution is -0.116. The van der Waals surface area contributed by atoms with Gasteiger partial charge < -0.3 is 15.8 Å². The zero-order valence-corrected chi connectivity index (χ0v) is 10.2. The van der Waals surface area contributed by atoms with Gasteiger partial charge in [-0.2, -0.15) is 0 Å². The minimum Gasteiger partial charge on any atom is -0.492 e. The summed E-state index contributed by atoms with van der Waals surface area (Å²) in [5, 5.41) is 13.2. The number of carbonyl (C=O) groups is 1. The first kappa shape index (κ1) is 13.0. The van der Waals surface area contributed by atoms with Gasteiger partial charge in [0.1, 0.15) is 25.2 Å². The number of anilines is 1. The number of tetrazole rings is 1. The van der Waals surface area contributed by atoms with Crippen LogP contribution in [0.3, 0.4) is 0 Å². The van der Waals surface area contributed by atoms with E-state index in [-0.39, 0.29) is 12.5 Å². The summed E-state index contributed by atoms with van der Waals surface area (Å²) in [6, 6.07) is 7.04. The topological polar surface area (TPSA) is 108 Å². The number of carbonyl (C=O) groups excluding carboxylic acids is 1. The maximum absolute atomic E-state index is 11.7. The minimum absolute atomic E-state index is 0.0679. The van der Waals surface area contributed by atoms with E-state index in [4.69, 9.17) is 10.5 Å². The molecule has 1 heterocycles. The second kappa shape index (κ2) is 6.45. The predicted octanol–water partition coefficient (Wildman–Crippen LogP) is -0.351. The van der Waals surface area contributed by atoms with Gasteiger partial charge in [-0.05, 0) is 34.7 Å². The Morgan fingerprint density at radius 2 is 2.16 bits per heavy atom. The number of hydrogen-bond acceptors (Lipinski definition) is 6. The van der Waals surface area contributed by atoms with Crippen LogP contribution in [0.4, 0.5) is 5.69 Å². The highest BCUT2D eigenvalue weighted by Crippen LogP contribution is 2.15. The van der Waals surface area contributed by atoms with Crippen molar-refractivity contribution in [3.63, 3.8) is 0 Å². The monoisotopic (exact) mass is 262 g/mol. The molecule has 3 N–H and O–H groups in total. The summed E-state index contributed by atoms with van der Waals surface area (Å²) in [6.45, 7) is 0.994. The summed E-state index contributed by atoms with van der Waals surface area (Å²) in [4.78, 5) is 11.7. The Hall–Kier alpha value is -2.48. The van der Waals surface area contributed by atoms with Crippen LogP contribution < -0.4 is 15.8 Å². The molecule has 0 bridgehead atoms. The predicted molar refractivity (Wildman–Crippen MR) is 67.4 cm³/mol. The molecule has 0 saturated heterocycles. The fourth-order valence-electron chi connectivity index (χ4n) is 1.41. The maximum Gasteiger partial charge on any atom is 0.246 e. The molecule has 2 rings (SSSR count). The Bertz CT molecular complexity index is 510. The van der Waals surface area contributed by atoms with E-state index in [1.165, 1.54) is 11.0 Å². The molecule has 0 fully saturated rings. The summed E-state index contributed by atoms with van der Waals surface area (Å²) in [5.41, 5.74) is 6.01. The second-order valence-electron chi connectivity index (χ2n) is 3.72. The van der Waals surface area contributed by atoms with E-state index >= 15 is 0 Å². The van der Waals surface area contributed by atoms with Gasteiger partial charge in [0.05, 0.1) is 0 Å². The Labute approximate surface area is 109 Å². The third-order valence-electron chi connectivity index (χ3n) is 2.22. The van der Waals surface area contributed by atoms with Crippen LogP contribution in [-0.4, -0.2) is 39.3 Å². The third kappa shape index (κ3) is 4.03. The zero-order chi connectivity index (χ0) is 13.5. The number of benzene rings is 1. The van der Waals surface area contributed by atoms with Gasteiger partial charge in [0, 0.05) is 12.2 Å². The van der Waals surface area contributed by atoms with Gasteiger partial charge in [-0.1, -0.05) is 0 Å². The quantitative estimate of drug-likeness (QED) is 0.736. The van der Waals surface area contributed by atoms with Crippen LogP contribution in [0, 0.1) is 0 Å². The maximum atomic E-state index is 11.7. The molecule has 0 saturated carbocycles. The van der Waals surface area contributed by atoms with Crippen LogP contribution in [0.15, 0.2) is 30.6 Å². The average Bonchev–Trinajstić information content (AvgIpc) is 2.90. The minimum atomic E-state index is -0.206. The van der Waals surface area contributed by atoms with Crippen LogP contribution in [0.1, 0.15) is 0 Å². The van der Waals surface area contributed by atoms with Crippen LogP contribution in [0.2, 0.25) is 0 Å². The molecule has 2 aromatic rings. The molecule has 0 aliphatic heterocycles. The van der Waals surface area contributed by atoms with Gasteiger partial charge in [-0.3, -0.25) is 4.79 Å². The van der Waals surface area contributed by atoms with Crippen molar-refractivity contribution in [2.75, 3.05) is 18.5 Å². The molecule has 0 atom stereocenters. The number of hydrogen-bond donors (Lipinski definition) is 2. The van der Waals surface area contributed by atoms with Gasteiger partial charge >= 0.3 is 0 Å². The number of amides is 1. The van der Waals surface area contributed by atoms with Gasteiger partial charge in [-0.15, -0.1) is 5.10 Å². The number of aromatic nitrogens is 4. The Morgan fingerprint density at radius 1 is 1.37 bits per heavy atom. The van der Waals surface area contributed by atoms with Crippen LogP contribution in [-0.2, 0) is 11.3 Å². The van der Waals surface area contributed by atoms with E-state index in [0.717, 1.165) is 0 Å². The van der Waals surface area contributed by atoms with Gasteiger partial charge in [0.2, 0.25) is 5.91 Å². The normalized spacial score (nSPS) is 10.2. The van der Waals surface area contributed by atoms with E-state index in [9.17, 15) is 4.79 Å². The Kier molecular flexibility index (Phi) is 4.40. The van der Waals surface area contributed by atoms with Crippen LogP contribution in [0.25, 0.3) is 0 Å². The molecule has 8 heteroatoms. The molecular formula is C11H14N6O2. The Morgan fingerprint density at radius 3 is 2.79 bits per heavy atom. The van der Waals surface area contributed by atoms with Crippen molar-refractivity contribution in [1.82, 2.24) is 20.2 Å². The molecule has 0 unspecified atom stereocenters. The van der Waals surface area contributed by atoms with Crippen molar-refractivity contribution in [3.8, 4) is 5.75 Å². The van der Waals surface area contributed by atoms with Crippen molar-refractivity contribution in [2.24, 2.45) is 5.73 Å². The second-order valence-corrected chi connectivity index (χ2v) is 3.72. The lowest BCUT2D eigenvalue weighted by atomic mass is 10.3. The summed E-state index contributed by atoms with van der Waals surface area (Å²) in [5.74, 6) is 0.506. The fraction of sp³-hybridized carbons (Fsp3) is 0.273. The summed E-state index contributed by atoms with van der Waals surface area (Å²) >= 11 is 0. The molecule has 0 aliphatic rings. The molecule has 100 valence electrons. The van der Waals surface area contributed by atoms with E-state index in [1.54, 1.807) is 24.3 Å². The SMILES string of the molecule is NCCOc1ccc(NC(=O)Cn2cnnn2)cc1. The average molecular weight is 262 g/mol. The molecule has 19 heavy (non-hydrogen) atoms. The molecule has 8 nitrogen and oxygen atoms in total. The summed E-state index contributed by atoms with van der Waals surface area (Å²) in [6.07, 6.45) is 1.38. The van der Waals surface area contributed by atoms with Crippen molar-refractivity contribution >= 4 is 11.6 Å². The lowest BCUT2D eigenvalue weighted by Gasteiger charge is -2.07. The molecule has 1 aromatic carbocycles. The zero-order valence-electron chi connectivity index (χ0n) is 10.2. The first-order chi connectivity index (χ1) is 9.28. The molecule has 1 aromatic heterocycles. The Balaban J connectivity index is 1.86. The van der Waals surface area contributed by atoms with E-state index < -0.39 is 0 Å². The third-order valence-corrected chi connectivity index (χ3v) is 2.22. The van der Waals surface area contributed by atoms with Crippen molar-refractivity contribution in [1.29, 1.82) is 0 Å². The number of nitrogens with one attached hydrogen (secondary N) is 1. The van der Waals surface area contributed by atoms with Crippen molar-refractivity contribution < 1.29 is 9.53 Å². The molecular weight excluding hydrogens is 248 g/mol. The first-order valence-corrected chi connectivity index (χ1v) is 5.71. The number of nitrogens with zero attached hydrogens (tertiary/aromatic N) is 4. The highest BCUT2D eigenvalue weighted by molar-refractivity contribution is 5.90. The highest BCUT2D eigenvalue weighted by Gasteiger charge is 2.04. The molecule has 1 amide bonds.